The molecule has 0 aliphatic heterocycles. The van der Waals surface area contributed by atoms with Gasteiger partial charge in [-0.2, -0.15) is 0 Å². The number of benzene rings is 2. The van der Waals surface area contributed by atoms with Gasteiger partial charge in [-0.1, -0.05) is 30.3 Å². The summed E-state index contributed by atoms with van der Waals surface area (Å²) >= 11 is 0. The number of aromatic nitrogens is 1. The summed E-state index contributed by atoms with van der Waals surface area (Å²) in [7, 11) is 0. The molecule has 0 aliphatic rings. The van der Waals surface area contributed by atoms with Gasteiger partial charge in [-0.05, 0) is 49.2 Å². The maximum atomic E-state index is 12.9. The van der Waals surface area contributed by atoms with Gasteiger partial charge in [0, 0.05) is 29.2 Å². The van der Waals surface area contributed by atoms with Crippen LogP contribution in [0.25, 0.3) is 0 Å². The summed E-state index contributed by atoms with van der Waals surface area (Å²) in [5, 5.41) is 2.79. The Morgan fingerprint density at radius 1 is 0.840 bits per heavy atom. The van der Waals surface area contributed by atoms with Gasteiger partial charge in [0.1, 0.15) is 0 Å². The van der Waals surface area contributed by atoms with E-state index >= 15 is 0 Å². The normalized spacial score (nSPS) is 10.3. The number of hydrogen-bond donors (Lipinski definition) is 1. The average Bonchev–Trinajstić information content (AvgIpc) is 2.64. The third-order valence-electron chi connectivity index (χ3n) is 4.12. The molecular formula is C21H18N2O2. The van der Waals surface area contributed by atoms with Crippen molar-refractivity contribution in [3.05, 3.63) is 94.8 Å². The molecule has 0 fully saturated rings. The Kier molecular flexibility index (Phi) is 4.70. The second-order valence-corrected chi connectivity index (χ2v) is 5.86. The lowest BCUT2D eigenvalue weighted by molar-refractivity contribution is 0.0996. The number of nitrogens with one attached hydrogen (secondary N) is 1. The number of ketones is 1. The van der Waals surface area contributed by atoms with Crippen LogP contribution in [-0.4, -0.2) is 16.7 Å². The highest BCUT2D eigenvalue weighted by Crippen LogP contribution is 2.18. The highest BCUT2D eigenvalue weighted by Gasteiger charge is 2.18. The molecule has 124 valence electrons. The van der Waals surface area contributed by atoms with Crippen molar-refractivity contribution < 1.29 is 9.59 Å². The van der Waals surface area contributed by atoms with Crippen molar-refractivity contribution in [3.8, 4) is 0 Å². The number of anilines is 1. The Morgan fingerprint density at radius 3 is 2.20 bits per heavy atom. The maximum absolute atomic E-state index is 12.9. The topological polar surface area (TPSA) is 59.1 Å². The van der Waals surface area contributed by atoms with Crippen molar-refractivity contribution in [2.45, 2.75) is 13.8 Å². The van der Waals surface area contributed by atoms with Gasteiger partial charge in [-0.25, -0.2) is 0 Å². The van der Waals surface area contributed by atoms with Crippen LogP contribution in [0.2, 0.25) is 0 Å². The predicted molar refractivity (Wildman–Crippen MR) is 98.0 cm³/mol. The Morgan fingerprint density at radius 2 is 1.52 bits per heavy atom. The van der Waals surface area contributed by atoms with Crippen molar-refractivity contribution in [2.75, 3.05) is 5.32 Å². The third-order valence-corrected chi connectivity index (χ3v) is 4.12. The molecule has 3 aromatic rings. The van der Waals surface area contributed by atoms with E-state index in [4.69, 9.17) is 0 Å². The zero-order chi connectivity index (χ0) is 17.8. The summed E-state index contributed by atoms with van der Waals surface area (Å²) in [6.45, 7) is 3.97. The fraction of sp³-hybridized carbons (Fsp3) is 0.0952. The number of rotatable bonds is 4. The van der Waals surface area contributed by atoms with Crippen molar-refractivity contribution in [1.82, 2.24) is 4.98 Å². The largest absolute Gasteiger partial charge is 0.322 e. The van der Waals surface area contributed by atoms with Crippen molar-refractivity contribution in [1.29, 1.82) is 0 Å². The van der Waals surface area contributed by atoms with Gasteiger partial charge in [0.05, 0.1) is 5.56 Å². The molecule has 0 bridgehead atoms. The molecule has 0 saturated heterocycles. The molecule has 0 radical (unpaired) electrons. The van der Waals surface area contributed by atoms with Crippen LogP contribution in [-0.2, 0) is 0 Å². The molecule has 0 spiro atoms. The van der Waals surface area contributed by atoms with Gasteiger partial charge >= 0.3 is 0 Å². The fourth-order valence-electron chi connectivity index (χ4n) is 2.55. The molecule has 0 atom stereocenters. The lowest BCUT2D eigenvalue weighted by Gasteiger charge is -2.10. The first kappa shape index (κ1) is 16.6. The van der Waals surface area contributed by atoms with Crippen LogP contribution in [0.15, 0.2) is 67.0 Å². The number of carbonyl (C=O) groups excluding carboxylic acids is 2. The summed E-state index contributed by atoms with van der Waals surface area (Å²) < 4.78 is 0. The SMILES string of the molecule is Cc1ccc(C(=O)c2ccccc2C(=O)Nc2ccncc2)cc1C. The molecule has 0 saturated carbocycles. The van der Waals surface area contributed by atoms with Crippen molar-refractivity contribution in [3.63, 3.8) is 0 Å². The first-order valence-electron chi connectivity index (χ1n) is 7.98. The summed E-state index contributed by atoms with van der Waals surface area (Å²) in [5.74, 6) is -0.484. The molecule has 1 heterocycles. The molecule has 2 aromatic carbocycles. The number of nitrogens with zero attached hydrogens (tertiary/aromatic N) is 1. The first-order chi connectivity index (χ1) is 12.1. The number of aryl methyl sites for hydroxylation is 2. The first-order valence-corrected chi connectivity index (χ1v) is 7.98. The van der Waals surface area contributed by atoms with E-state index in [9.17, 15) is 9.59 Å². The standard InChI is InChI=1S/C21H18N2O2/c1-14-7-8-16(13-15(14)2)20(24)18-5-3-4-6-19(18)21(25)23-17-9-11-22-12-10-17/h3-13H,1-2H3,(H,22,23,25). The van der Waals surface area contributed by atoms with Crippen molar-refractivity contribution >= 4 is 17.4 Å². The average molecular weight is 330 g/mol. The van der Waals surface area contributed by atoms with E-state index in [-0.39, 0.29) is 11.7 Å². The van der Waals surface area contributed by atoms with Crippen LogP contribution in [0.3, 0.4) is 0 Å². The zero-order valence-electron chi connectivity index (χ0n) is 14.1. The number of hydrogen-bond acceptors (Lipinski definition) is 3. The molecule has 3 rings (SSSR count). The number of pyridine rings is 1. The minimum absolute atomic E-state index is 0.163. The molecule has 0 unspecified atom stereocenters. The smallest absolute Gasteiger partial charge is 0.256 e. The molecule has 1 aromatic heterocycles. The van der Waals surface area contributed by atoms with E-state index in [0.29, 0.717) is 22.4 Å². The maximum Gasteiger partial charge on any atom is 0.256 e. The van der Waals surface area contributed by atoms with E-state index in [1.54, 1.807) is 54.9 Å². The Bertz CT molecular complexity index is 934. The molecule has 1 N–H and O–H groups in total. The van der Waals surface area contributed by atoms with Crippen LogP contribution < -0.4 is 5.32 Å². The monoisotopic (exact) mass is 330 g/mol. The Balaban J connectivity index is 1.93. The van der Waals surface area contributed by atoms with E-state index in [1.807, 2.05) is 26.0 Å². The van der Waals surface area contributed by atoms with Gasteiger partial charge in [0.15, 0.2) is 5.78 Å². The molecular weight excluding hydrogens is 312 g/mol. The molecule has 1 amide bonds. The number of carbonyl (C=O) groups is 2. The summed E-state index contributed by atoms with van der Waals surface area (Å²) in [5.41, 5.74) is 4.12. The molecule has 0 aliphatic carbocycles. The fourth-order valence-corrected chi connectivity index (χ4v) is 2.55. The minimum atomic E-state index is -0.320. The van der Waals surface area contributed by atoms with E-state index in [2.05, 4.69) is 10.3 Å². The molecule has 4 nitrogen and oxygen atoms in total. The van der Waals surface area contributed by atoms with Gasteiger partial charge in [0.25, 0.3) is 5.91 Å². The Labute approximate surface area is 146 Å². The van der Waals surface area contributed by atoms with E-state index < -0.39 is 0 Å². The van der Waals surface area contributed by atoms with Crippen molar-refractivity contribution in [2.24, 2.45) is 0 Å². The second kappa shape index (κ2) is 7.09. The molecule has 25 heavy (non-hydrogen) atoms. The van der Waals surface area contributed by atoms with E-state index in [0.717, 1.165) is 11.1 Å². The summed E-state index contributed by atoms with van der Waals surface area (Å²) in [6, 6.07) is 15.8. The van der Waals surface area contributed by atoms with Crippen LogP contribution in [0.1, 0.15) is 37.4 Å². The van der Waals surface area contributed by atoms with Gasteiger partial charge in [-0.15, -0.1) is 0 Å². The highest BCUT2D eigenvalue weighted by atomic mass is 16.2. The van der Waals surface area contributed by atoms with Gasteiger partial charge < -0.3 is 5.32 Å². The van der Waals surface area contributed by atoms with E-state index in [1.165, 1.54) is 0 Å². The quantitative estimate of drug-likeness (QED) is 0.730. The Hall–Kier alpha value is -3.27. The lowest BCUT2D eigenvalue weighted by atomic mass is 9.95. The predicted octanol–water partition coefficient (Wildman–Crippen LogP) is 4.18. The van der Waals surface area contributed by atoms with Gasteiger partial charge in [0.2, 0.25) is 0 Å². The number of amides is 1. The van der Waals surface area contributed by atoms with Crippen LogP contribution in [0.5, 0.6) is 0 Å². The summed E-state index contributed by atoms with van der Waals surface area (Å²) in [6.07, 6.45) is 3.20. The van der Waals surface area contributed by atoms with Crippen LogP contribution >= 0.6 is 0 Å². The minimum Gasteiger partial charge on any atom is -0.322 e. The highest BCUT2D eigenvalue weighted by molar-refractivity contribution is 6.17. The summed E-state index contributed by atoms with van der Waals surface area (Å²) in [4.78, 5) is 29.4. The third kappa shape index (κ3) is 3.63. The zero-order valence-corrected chi connectivity index (χ0v) is 14.1. The molecule has 4 heteroatoms. The van der Waals surface area contributed by atoms with Gasteiger partial charge in [-0.3, -0.25) is 14.6 Å². The lowest BCUT2D eigenvalue weighted by Crippen LogP contribution is -2.17. The van der Waals surface area contributed by atoms with Crippen LogP contribution in [0, 0.1) is 13.8 Å². The van der Waals surface area contributed by atoms with Crippen LogP contribution in [0.4, 0.5) is 5.69 Å². The second-order valence-electron chi connectivity index (χ2n) is 5.86.